The minimum atomic E-state index is -0.641. The molecule has 0 bridgehead atoms. The summed E-state index contributed by atoms with van der Waals surface area (Å²) >= 11 is 6.51. The van der Waals surface area contributed by atoms with Gasteiger partial charge in [0.15, 0.2) is 11.3 Å². The number of nitrogens with two attached hydrogens (primary N) is 2. The van der Waals surface area contributed by atoms with E-state index < -0.39 is 11.8 Å². The average Bonchev–Trinajstić information content (AvgIpc) is 3.64. The number of amides is 2. The van der Waals surface area contributed by atoms with Gasteiger partial charge in [-0.3, -0.25) is 14.6 Å². The van der Waals surface area contributed by atoms with E-state index in [2.05, 4.69) is 46.4 Å². The summed E-state index contributed by atoms with van der Waals surface area (Å²) < 4.78 is 3.04. The highest BCUT2D eigenvalue weighted by atomic mass is 35.5. The van der Waals surface area contributed by atoms with Crippen LogP contribution in [-0.4, -0.2) is 59.6 Å². The molecule has 1 aromatic carbocycles. The molecule has 46 heavy (non-hydrogen) atoms. The minimum Gasteiger partial charge on any atom is -0.373 e. The van der Waals surface area contributed by atoms with Crippen molar-refractivity contribution in [3.63, 3.8) is 0 Å². The lowest BCUT2D eigenvalue weighted by atomic mass is 10.2. The number of aryl methyl sites for hydroxylation is 2. The Bertz CT molecular complexity index is 2140. The number of pyridine rings is 1. The molecule has 0 spiro atoms. The van der Waals surface area contributed by atoms with E-state index in [-0.39, 0.29) is 11.1 Å². The summed E-state index contributed by atoms with van der Waals surface area (Å²) in [7, 11) is 1.75. The van der Waals surface area contributed by atoms with Crippen molar-refractivity contribution in [2.45, 2.75) is 20.3 Å². The van der Waals surface area contributed by atoms with E-state index in [1.54, 1.807) is 19.2 Å². The first kappa shape index (κ1) is 30.1. The summed E-state index contributed by atoms with van der Waals surface area (Å²) in [4.78, 5) is 37.8. The Morgan fingerprint density at radius 1 is 0.848 bits per heavy atom. The normalized spacial score (nSPS) is 11.1. The summed E-state index contributed by atoms with van der Waals surface area (Å²) in [6.45, 7) is 4.28. The van der Waals surface area contributed by atoms with Gasteiger partial charge >= 0.3 is 0 Å². The predicted molar refractivity (Wildman–Crippen MR) is 176 cm³/mol. The third kappa shape index (κ3) is 5.90. The number of benzene rings is 1. The molecule has 0 saturated carbocycles. The Morgan fingerprint density at radius 2 is 1.48 bits per heavy atom. The Kier molecular flexibility index (Phi) is 7.98. The predicted octanol–water partition coefficient (Wildman–Crippen LogP) is 3.82. The fourth-order valence-corrected chi connectivity index (χ4v) is 5.16. The topological polar surface area (TPSA) is 208 Å². The van der Waals surface area contributed by atoms with Gasteiger partial charge in [-0.15, -0.1) is 0 Å². The average molecular weight is 640 g/mol. The van der Waals surface area contributed by atoms with Gasteiger partial charge < -0.3 is 32.7 Å². The molecular formula is C30H30ClN13O2. The van der Waals surface area contributed by atoms with E-state index in [1.165, 1.54) is 21.4 Å². The quantitative estimate of drug-likeness (QED) is 0.120. The van der Waals surface area contributed by atoms with E-state index >= 15 is 0 Å². The van der Waals surface area contributed by atoms with E-state index in [0.29, 0.717) is 58.2 Å². The van der Waals surface area contributed by atoms with E-state index in [0.717, 1.165) is 22.6 Å². The first-order chi connectivity index (χ1) is 22.1. The van der Waals surface area contributed by atoms with Gasteiger partial charge in [-0.1, -0.05) is 23.7 Å². The number of hydrogen-bond acceptors (Lipinski definition) is 11. The maximum absolute atomic E-state index is 12.1. The van der Waals surface area contributed by atoms with E-state index in [4.69, 9.17) is 23.1 Å². The maximum Gasteiger partial charge on any atom is 0.254 e. The van der Waals surface area contributed by atoms with Gasteiger partial charge in [0.1, 0.15) is 34.4 Å². The highest BCUT2D eigenvalue weighted by molar-refractivity contribution is 6.34. The van der Waals surface area contributed by atoms with Crippen LogP contribution in [0.5, 0.6) is 0 Å². The second-order valence-corrected chi connectivity index (χ2v) is 10.8. The largest absolute Gasteiger partial charge is 0.373 e. The van der Waals surface area contributed by atoms with Gasteiger partial charge in [-0.05, 0) is 37.6 Å². The molecule has 0 fully saturated rings. The van der Waals surface area contributed by atoms with Crippen LogP contribution in [0.15, 0.2) is 54.9 Å². The van der Waals surface area contributed by atoms with Crippen molar-refractivity contribution >= 4 is 69.4 Å². The molecule has 16 heteroatoms. The molecule has 0 atom stereocenters. The number of rotatable bonds is 11. The molecule has 0 saturated heterocycles. The molecule has 0 aliphatic heterocycles. The van der Waals surface area contributed by atoms with E-state index in [9.17, 15) is 9.59 Å². The van der Waals surface area contributed by atoms with Crippen molar-refractivity contribution in [1.82, 2.24) is 34.2 Å². The summed E-state index contributed by atoms with van der Waals surface area (Å²) in [5.74, 6) is 0.886. The summed E-state index contributed by atoms with van der Waals surface area (Å²) in [6, 6.07) is 13.0. The van der Waals surface area contributed by atoms with Crippen LogP contribution >= 0.6 is 11.6 Å². The van der Waals surface area contributed by atoms with Crippen molar-refractivity contribution in [2.75, 3.05) is 34.9 Å². The van der Waals surface area contributed by atoms with Gasteiger partial charge in [-0.2, -0.15) is 19.2 Å². The van der Waals surface area contributed by atoms with Crippen LogP contribution in [0.25, 0.3) is 11.3 Å². The van der Waals surface area contributed by atoms with Crippen LogP contribution < -0.4 is 32.7 Å². The minimum absolute atomic E-state index is 0.185. The molecule has 0 aliphatic carbocycles. The number of nitrogens with zero attached hydrogens (tertiary/aromatic N) is 7. The molecule has 15 nitrogen and oxygen atoms in total. The lowest BCUT2D eigenvalue weighted by Gasteiger charge is -2.14. The Labute approximate surface area is 267 Å². The van der Waals surface area contributed by atoms with Crippen LogP contribution in [0.3, 0.4) is 0 Å². The molecule has 0 aliphatic rings. The van der Waals surface area contributed by atoms with Crippen LogP contribution in [0.4, 0.5) is 34.6 Å². The molecule has 0 radical (unpaired) electrons. The Balaban J connectivity index is 1.24. The molecule has 6 rings (SSSR count). The summed E-state index contributed by atoms with van der Waals surface area (Å²) in [5, 5.41) is 22.1. The van der Waals surface area contributed by atoms with Crippen LogP contribution in [0, 0.1) is 13.8 Å². The second-order valence-electron chi connectivity index (χ2n) is 10.5. The standard InChI is InChI=1S/C30H30ClN13O2/c1-15-5-4-6-21(26(15)31)40-23-12-25(44-30(42-23)20(14-37-44)28(33)46)35-8-7-17-10-18(9-16(2)38-17)39-22-11-24(34-3)43-29(41-22)19(13-36-43)27(32)45/h4-6,9-14,34-35H,7-8H2,1-3H3,(H2,32,45)(H2,33,46)(H,40,42)(H,38,39,41). The molecule has 234 valence electrons. The lowest BCUT2D eigenvalue weighted by Crippen LogP contribution is -2.14. The second kappa shape index (κ2) is 12.2. The molecule has 8 N–H and O–H groups in total. The number of carbonyl (C=O) groups is 2. The molecular weight excluding hydrogens is 610 g/mol. The number of fused-ring (bicyclic) bond motifs is 2. The van der Waals surface area contributed by atoms with Crippen molar-refractivity contribution in [2.24, 2.45) is 11.5 Å². The van der Waals surface area contributed by atoms with Gasteiger partial charge in [0.25, 0.3) is 11.8 Å². The molecule has 5 heterocycles. The number of nitrogens with one attached hydrogen (secondary N) is 4. The number of aromatic nitrogens is 7. The smallest absolute Gasteiger partial charge is 0.254 e. The molecule has 2 amide bonds. The zero-order valence-corrected chi connectivity index (χ0v) is 25.8. The monoisotopic (exact) mass is 639 g/mol. The third-order valence-corrected chi connectivity index (χ3v) is 7.65. The maximum atomic E-state index is 12.1. The number of anilines is 6. The van der Waals surface area contributed by atoms with Crippen LogP contribution in [0.1, 0.15) is 37.7 Å². The first-order valence-electron chi connectivity index (χ1n) is 14.2. The molecule has 5 aromatic heterocycles. The SMILES string of the molecule is CNc1cc(Nc2cc(C)nc(CCNc3cc(Nc4cccc(C)c4Cl)nc4c(C(N)=O)cnn34)c2)nc2c(C(N)=O)cnn12. The molecule has 0 unspecified atom stereocenters. The summed E-state index contributed by atoms with van der Waals surface area (Å²) in [6.07, 6.45) is 3.32. The highest BCUT2D eigenvalue weighted by Crippen LogP contribution is 2.29. The van der Waals surface area contributed by atoms with Gasteiger partial charge in [0, 0.05) is 49.2 Å². The third-order valence-electron chi connectivity index (χ3n) is 7.15. The van der Waals surface area contributed by atoms with Crippen molar-refractivity contribution in [3.05, 3.63) is 88.0 Å². The number of carbonyl (C=O) groups excluding carboxylic acids is 2. The fraction of sp³-hybridized carbons (Fsp3) is 0.167. The van der Waals surface area contributed by atoms with Crippen molar-refractivity contribution in [1.29, 1.82) is 0 Å². The van der Waals surface area contributed by atoms with Crippen molar-refractivity contribution in [3.8, 4) is 0 Å². The number of hydrogen-bond donors (Lipinski definition) is 6. The number of primary amides is 2. The number of halogens is 1. The van der Waals surface area contributed by atoms with Gasteiger partial charge in [0.05, 0.1) is 23.1 Å². The van der Waals surface area contributed by atoms with E-state index in [1.807, 2.05) is 44.2 Å². The fourth-order valence-electron chi connectivity index (χ4n) is 4.99. The van der Waals surface area contributed by atoms with Crippen molar-refractivity contribution < 1.29 is 9.59 Å². The zero-order chi connectivity index (χ0) is 32.5. The lowest BCUT2D eigenvalue weighted by molar-refractivity contribution is 0.0993. The Hall–Kier alpha value is -5.96. The van der Waals surface area contributed by atoms with Crippen LogP contribution in [0.2, 0.25) is 5.02 Å². The highest BCUT2D eigenvalue weighted by Gasteiger charge is 2.17. The Morgan fingerprint density at radius 3 is 2.13 bits per heavy atom. The summed E-state index contributed by atoms with van der Waals surface area (Å²) in [5.41, 5.74) is 16.1. The van der Waals surface area contributed by atoms with Crippen LogP contribution in [-0.2, 0) is 6.42 Å². The zero-order valence-electron chi connectivity index (χ0n) is 25.1. The molecule has 6 aromatic rings. The van der Waals surface area contributed by atoms with Gasteiger partial charge in [0.2, 0.25) is 0 Å². The van der Waals surface area contributed by atoms with Gasteiger partial charge in [-0.25, -0.2) is 9.97 Å². The first-order valence-corrected chi connectivity index (χ1v) is 14.5.